The molecule has 0 spiro atoms. The zero-order chi connectivity index (χ0) is 13.5. The van der Waals surface area contributed by atoms with Crippen LogP contribution in [0.3, 0.4) is 0 Å². The van der Waals surface area contributed by atoms with E-state index in [-0.39, 0.29) is 11.5 Å². The summed E-state index contributed by atoms with van der Waals surface area (Å²) in [6.45, 7) is 0.945. The van der Waals surface area contributed by atoms with Gasteiger partial charge in [0.05, 0.1) is 0 Å². The summed E-state index contributed by atoms with van der Waals surface area (Å²) >= 11 is 0. The van der Waals surface area contributed by atoms with Crippen LogP contribution in [0.5, 0.6) is 0 Å². The Morgan fingerprint density at radius 2 is 2.11 bits per heavy atom. The Hall–Kier alpha value is -2.50. The number of hydrogen-bond acceptors (Lipinski definition) is 4. The van der Waals surface area contributed by atoms with Crippen molar-refractivity contribution < 1.29 is 4.79 Å². The van der Waals surface area contributed by atoms with E-state index in [0.29, 0.717) is 25.2 Å². The summed E-state index contributed by atoms with van der Waals surface area (Å²) in [5, 5.41) is 6.68. The third kappa shape index (κ3) is 3.74. The summed E-state index contributed by atoms with van der Waals surface area (Å²) in [5.74, 6) is -0.214. The maximum Gasteiger partial charge on any atom is 0.269 e. The van der Waals surface area contributed by atoms with Gasteiger partial charge < -0.3 is 5.32 Å². The molecule has 98 valence electrons. The van der Waals surface area contributed by atoms with Crippen molar-refractivity contribution in [1.29, 1.82) is 0 Å². The average Bonchev–Trinajstić information content (AvgIpc) is 2.46. The van der Waals surface area contributed by atoms with Crippen molar-refractivity contribution in [1.82, 2.24) is 20.1 Å². The van der Waals surface area contributed by atoms with Gasteiger partial charge in [0.2, 0.25) is 0 Å². The Kier molecular flexibility index (Phi) is 4.39. The molecule has 0 aliphatic carbocycles. The van der Waals surface area contributed by atoms with Gasteiger partial charge in [-0.25, -0.2) is 4.68 Å². The van der Waals surface area contributed by atoms with E-state index in [2.05, 4.69) is 15.4 Å². The Bertz CT molecular complexity index is 595. The maximum absolute atomic E-state index is 11.7. The van der Waals surface area contributed by atoms with Gasteiger partial charge in [-0.2, -0.15) is 5.10 Å². The van der Waals surface area contributed by atoms with Gasteiger partial charge >= 0.3 is 0 Å². The normalized spacial score (nSPS) is 10.1. The predicted molar refractivity (Wildman–Crippen MR) is 69.7 cm³/mol. The van der Waals surface area contributed by atoms with Crippen LogP contribution in [0.2, 0.25) is 0 Å². The van der Waals surface area contributed by atoms with Crippen LogP contribution in [-0.4, -0.2) is 27.2 Å². The fraction of sp³-hybridized carbons (Fsp3) is 0.231. The first-order valence-corrected chi connectivity index (χ1v) is 5.99. The summed E-state index contributed by atoms with van der Waals surface area (Å²) in [6.07, 6.45) is 3.77. The van der Waals surface area contributed by atoms with Crippen LogP contribution in [-0.2, 0) is 6.54 Å². The number of aryl methyl sites for hydroxylation is 1. The Labute approximate surface area is 110 Å². The average molecular weight is 258 g/mol. The van der Waals surface area contributed by atoms with E-state index in [1.54, 1.807) is 36.7 Å². The fourth-order valence-electron chi connectivity index (χ4n) is 1.57. The number of carbonyl (C=O) groups excluding carboxylic acids is 1. The van der Waals surface area contributed by atoms with Crippen molar-refractivity contribution >= 4 is 5.91 Å². The lowest BCUT2D eigenvalue weighted by Gasteiger charge is -2.05. The largest absolute Gasteiger partial charge is 0.351 e. The Morgan fingerprint density at radius 3 is 2.84 bits per heavy atom. The molecule has 2 heterocycles. The predicted octanol–water partition coefficient (Wildman–Crippen LogP) is 0.458. The molecule has 6 heteroatoms. The van der Waals surface area contributed by atoms with Gasteiger partial charge in [0.1, 0.15) is 5.69 Å². The quantitative estimate of drug-likeness (QED) is 0.790. The molecule has 1 amide bonds. The minimum atomic E-state index is -0.214. The zero-order valence-corrected chi connectivity index (χ0v) is 10.3. The molecule has 0 fully saturated rings. The fourth-order valence-corrected chi connectivity index (χ4v) is 1.57. The van der Waals surface area contributed by atoms with E-state index in [0.717, 1.165) is 0 Å². The van der Waals surface area contributed by atoms with Gasteiger partial charge in [-0.1, -0.05) is 6.07 Å². The third-order valence-corrected chi connectivity index (χ3v) is 2.52. The van der Waals surface area contributed by atoms with Gasteiger partial charge in [-0.3, -0.25) is 14.6 Å². The highest BCUT2D eigenvalue weighted by Crippen LogP contribution is 1.93. The lowest BCUT2D eigenvalue weighted by atomic mass is 10.3. The van der Waals surface area contributed by atoms with Crippen molar-refractivity contribution in [2.24, 2.45) is 0 Å². The van der Waals surface area contributed by atoms with Crippen molar-refractivity contribution in [3.05, 3.63) is 58.8 Å². The molecule has 0 saturated carbocycles. The summed E-state index contributed by atoms with van der Waals surface area (Å²) in [6, 6.07) is 8.22. The van der Waals surface area contributed by atoms with E-state index >= 15 is 0 Å². The molecule has 0 saturated heterocycles. The standard InChI is InChI=1S/C13H14N4O2/c18-12-6-3-9-16-17(12)10-4-8-15-13(19)11-5-1-2-7-14-11/h1-3,5-7,9H,4,8,10H2,(H,15,19). The molecule has 0 aliphatic rings. The molecular weight excluding hydrogens is 244 g/mol. The van der Waals surface area contributed by atoms with Crippen molar-refractivity contribution in [3.8, 4) is 0 Å². The van der Waals surface area contributed by atoms with Crippen molar-refractivity contribution in [2.45, 2.75) is 13.0 Å². The Morgan fingerprint density at radius 1 is 1.21 bits per heavy atom. The van der Waals surface area contributed by atoms with Crippen LogP contribution in [0.1, 0.15) is 16.9 Å². The molecule has 0 radical (unpaired) electrons. The second kappa shape index (κ2) is 6.44. The molecule has 2 aromatic rings. The van der Waals surface area contributed by atoms with Crippen molar-refractivity contribution in [2.75, 3.05) is 6.54 Å². The zero-order valence-electron chi connectivity index (χ0n) is 10.3. The number of rotatable bonds is 5. The lowest BCUT2D eigenvalue weighted by Crippen LogP contribution is -2.28. The molecule has 0 aromatic carbocycles. The molecule has 1 N–H and O–H groups in total. The maximum atomic E-state index is 11.7. The lowest BCUT2D eigenvalue weighted by molar-refractivity contribution is 0.0947. The molecular formula is C13H14N4O2. The first kappa shape index (κ1) is 12.9. The summed E-state index contributed by atoms with van der Waals surface area (Å²) in [7, 11) is 0. The van der Waals surface area contributed by atoms with E-state index < -0.39 is 0 Å². The number of carbonyl (C=O) groups is 1. The van der Waals surface area contributed by atoms with Gasteiger partial charge in [0, 0.05) is 31.5 Å². The first-order valence-electron chi connectivity index (χ1n) is 5.99. The van der Waals surface area contributed by atoms with Crippen LogP contribution in [0.4, 0.5) is 0 Å². The number of nitrogens with zero attached hydrogens (tertiary/aromatic N) is 3. The molecule has 2 aromatic heterocycles. The summed E-state index contributed by atoms with van der Waals surface area (Å²) < 4.78 is 1.37. The third-order valence-electron chi connectivity index (χ3n) is 2.52. The van der Waals surface area contributed by atoms with Crippen LogP contribution >= 0.6 is 0 Å². The smallest absolute Gasteiger partial charge is 0.269 e. The minimum absolute atomic E-state index is 0.140. The second-order valence-electron chi connectivity index (χ2n) is 3.91. The molecule has 0 unspecified atom stereocenters. The van der Waals surface area contributed by atoms with E-state index in [1.165, 1.54) is 10.7 Å². The van der Waals surface area contributed by atoms with Crippen LogP contribution in [0, 0.1) is 0 Å². The SMILES string of the molecule is O=C(NCCCn1ncccc1=O)c1ccccn1. The minimum Gasteiger partial charge on any atom is -0.351 e. The summed E-state index contributed by atoms with van der Waals surface area (Å²) in [5.41, 5.74) is 0.246. The van der Waals surface area contributed by atoms with Gasteiger partial charge in [-0.05, 0) is 24.6 Å². The molecule has 0 bridgehead atoms. The summed E-state index contributed by atoms with van der Waals surface area (Å²) in [4.78, 5) is 27.0. The molecule has 19 heavy (non-hydrogen) atoms. The van der Waals surface area contributed by atoms with E-state index in [1.807, 2.05) is 0 Å². The first-order chi connectivity index (χ1) is 9.27. The number of amides is 1. The molecule has 6 nitrogen and oxygen atoms in total. The number of aromatic nitrogens is 3. The van der Waals surface area contributed by atoms with E-state index in [9.17, 15) is 9.59 Å². The highest BCUT2D eigenvalue weighted by Gasteiger charge is 2.04. The van der Waals surface area contributed by atoms with Crippen LogP contribution in [0.25, 0.3) is 0 Å². The highest BCUT2D eigenvalue weighted by atomic mass is 16.2. The van der Waals surface area contributed by atoms with Crippen LogP contribution < -0.4 is 10.9 Å². The van der Waals surface area contributed by atoms with Gasteiger partial charge in [0.15, 0.2) is 0 Å². The number of pyridine rings is 1. The van der Waals surface area contributed by atoms with Crippen molar-refractivity contribution in [3.63, 3.8) is 0 Å². The van der Waals surface area contributed by atoms with Crippen LogP contribution in [0.15, 0.2) is 47.5 Å². The second-order valence-corrected chi connectivity index (χ2v) is 3.91. The molecule has 2 rings (SSSR count). The van der Waals surface area contributed by atoms with Gasteiger partial charge in [0.25, 0.3) is 11.5 Å². The van der Waals surface area contributed by atoms with Gasteiger partial charge in [-0.15, -0.1) is 0 Å². The monoisotopic (exact) mass is 258 g/mol. The number of hydrogen-bond donors (Lipinski definition) is 1. The highest BCUT2D eigenvalue weighted by molar-refractivity contribution is 5.92. The molecule has 0 aliphatic heterocycles. The topological polar surface area (TPSA) is 76.9 Å². The molecule has 0 atom stereocenters. The Balaban J connectivity index is 1.77. The van der Waals surface area contributed by atoms with E-state index in [4.69, 9.17) is 0 Å². The number of nitrogens with one attached hydrogen (secondary N) is 1.